The Labute approximate surface area is 162 Å². The van der Waals surface area contributed by atoms with E-state index < -0.39 is 26.1 Å². The highest BCUT2D eigenvalue weighted by molar-refractivity contribution is 7.91. The number of hydrogen-bond donors (Lipinski definition) is 1. The van der Waals surface area contributed by atoms with Crippen molar-refractivity contribution < 1.29 is 12.8 Å². The topological polar surface area (TPSA) is 100 Å². The van der Waals surface area contributed by atoms with E-state index in [1.165, 1.54) is 37.7 Å². The molecule has 2 aliphatic rings. The molecule has 1 heterocycles. The van der Waals surface area contributed by atoms with Gasteiger partial charge in [0.25, 0.3) is 0 Å². The zero-order chi connectivity index (χ0) is 20.0. The van der Waals surface area contributed by atoms with E-state index in [9.17, 15) is 12.8 Å². The summed E-state index contributed by atoms with van der Waals surface area (Å²) in [4.78, 5) is 11.9. The molecule has 1 atom stereocenters. The molecular formula is C17H19ClFN5O2S. The van der Waals surface area contributed by atoms with Gasteiger partial charge in [-0.1, -0.05) is 17.7 Å². The van der Waals surface area contributed by atoms with Gasteiger partial charge in [-0.3, -0.25) is 4.99 Å². The summed E-state index contributed by atoms with van der Waals surface area (Å²) in [6.07, 6.45) is 3.44. The highest BCUT2D eigenvalue weighted by Crippen LogP contribution is 2.60. The van der Waals surface area contributed by atoms with Gasteiger partial charge in [-0.15, -0.1) is 0 Å². The second-order valence-electron chi connectivity index (χ2n) is 6.64. The Balaban J connectivity index is 2.14. The maximum atomic E-state index is 14.7. The smallest absolute Gasteiger partial charge is 0.245 e. The molecular weight excluding hydrogens is 393 g/mol. The normalized spacial score (nSPS) is 26.3. The lowest BCUT2D eigenvalue weighted by Gasteiger charge is -2.42. The maximum Gasteiger partial charge on any atom is 0.245 e. The zero-order valence-electron chi connectivity index (χ0n) is 14.9. The van der Waals surface area contributed by atoms with Gasteiger partial charge in [-0.2, -0.15) is 0 Å². The van der Waals surface area contributed by atoms with Crippen LogP contribution in [0.2, 0.25) is 0 Å². The monoisotopic (exact) mass is 411 g/mol. The number of sulfonamides is 1. The van der Waals surface area contributed by atoms with E-state index in [-0.39, 0.29) is 16.7 Å². The van der Waals surface area contributed by atoms with Crippen molar-refractivity contribution in [3.8, 4) is 0 Å². The Morgan fingerprint density at radius 3 is 2.74 bits per heavy atom. The first-order valence-electron chi connectivity index (χ1n) is 8.08. The summed E-state index contributed by atoms with van der Waals surface area (Å²) in [6, 6.07) is 4.27. The average Bonchev–Trinajstić information content (AvgIpc) is 3.42. The Bertz CT molecular complexity index is 1000. The van der Waals surface area contributed by atoms with E-state index in [0.29, 0.717) is 18.4 Å². The van der Waals surface area contributed by atoms with Gasteiger partial charge in [-0.25, -0.2) is 27.1 Å². The van der Waals surface area contributed by atoms with Gasteiger partial charge < -0.3 is 5.73 Å². The van der Waals surface area contributed by atoms with Crippen LogP contribution in [-0.2, 0) is 15.6 Å². The quantitative estimate of drug-likeness (QED) is 0.607. The van der Waals surface area contributed by atoms with Crippen molar-refractivity contribution in [2.45, 2.75) is 30.1 Å². The SMILES string of the molecule is C=N/C=C(Cl)\N=C/c1ccc(F)c([C@@]2(C)N=C(N)N(C)S(=O)(=O)C23CC3)c1. The van der Waals surface area contributed by atoms with Crippen LogP contribution in [0.15, 0.2) is 44.5 Å². The summed E-state index contributed by atoms with van der Waals surface area (Å²) < 4.78 is 40.4. The third kappa shape index (κ3) is 2.85. The molecule has 1 aliphatic carbocycles. The van der Waals surface area contributed by atoms with Crippen LogP contribution in [0.4, 0.5) is 4.39 Å². The van der Waals surface area contributed by atoms with Gasteiger partial charge in [0, 0.05) is 18.8 Å². The molecule has 0 aromatic heterocycles. The molecule has 1 aliphatic heterocycles. The van der Waals surface area contributed by atoms with Crippen LogP contribution in [0.3, 0.4) is 0 Å². The molecule has 1 aromatic carbocycles. The molecule has 1 fully saturated rings. The van der Waals surface area contributed by atoms with Crippen LogP contribution in [-0.4, -0.2) is 43.4 Å². The lowest BCUT2D eigenvalue weighted by Crippen LogP contribution is -2.58. The standard InChI is InChI=1S/C17H19ClFN5O2S/c1-16(17(6-7-17)27(25,26)24(3)15(20)23-16)12-8-11(4-5-13(12)19)9-22-14(18)10-21-2/h4-5,8-10H,2,6-7H2,1,3H3,(H2,20,23)/b14-10-,22-9-/t16-/m1/s1. The highest BCUT2D eigenvalue weighted by atomic mass is 35.5. The third-order valence-electron chi connectivity index (χ3n) is 5.16. The number of aliphatic imine (C=N–C) groups is 3. The van der Waals surface area contributed by atoms with Gasteiger partial charge in [-0.05, 0) is 44.2 Å². The van der Waals surface area contributed by atoms with Crippen LogP contribution in [0.25, 0.3) is 0 Å². The lowest BCUT2D eigenvalue weighted by atomic mass is 9.85. The van der Waals surface area contributed by atoms with E-state index in [2.05, 4.69) is 21.7 Å². The van der Waals surface area contributed by atoms with Crippen LogP contribution in [0.5, 0.6) is 0 Å². The maximum absolute atomic E-state index is 14.7. The summed E-state index contributed by atoms with van der Waals surface area (Å²) in [5, 5.41) is 0.102. The number of rotatable bonds is 4. The minimum absolute atomic E-state index is 0.102. The number of nitrogens with zero attached hydrogens (tertiary/aromatic N) is 4. The molecule has 1 aromatic rings. The Kier molecular flexibility index (Phi) is 4.63. The first-order chi connectivity index (χ1) is 12.6. The van der Waals surface area contributed by atoms with Gasteiger partial charge in [0.05, 0.1) is 6.20 Å². The molecule has 0 unspecified atom stereocenters. The van der Waals surface area contributed by atoms with Crippen molar-refractivity contribution in [1.82, 2.24) is 4.31 Å². The Morgan fingerprint density at radius 1 is 1.48 bits per heavy atom. The third-order valence-corrected chi connectivity index (χ3v) is 8.05. The first-order valence-corrected chi connectivity index (χ1v) is 9.90. The molecule has 0 radical (unpaired) electrons. The minimum atomic E-state index is -3.77. The summed E-state index contributed by atoms with van der Waals surface area (Å²) in [5.41, 5.74) is 5.17. The van der Waals surface area contributed by atoms with Crippen molar-refractivity contribution in [3.05, 3.63) is 46.5 Å². The van der Waals surface area contributed by atoms with E-state index in [0.717, 1.165) is 4.31 Å². The van der Waals surface area contributed by atoms with Crippen molar-refractivity contribution in [2.24, 2.45) is 20.7 Å². The molecule has 0 amide bonds. The average molecular weight is 412 g/mol. The van der Waals surface area contributed by atoms with Gasteiger partial charge in [0.15, 0.2) is 0 Å². The largest absolute Gasteiger partial charge is 0.369 e. The summed E-state index contributed by atoms with van der Waals surface area (Å²) in [7, 11) is -2.41. The first kappa shape index (κ1) is 19.5. The van der Waals surface area contributed by atoms with Crippen LogP contribution < -0.4 is 5.73 Å². The van der Waals surface area contributed by atoms with Gasteiger partial charge in [0.1, 0.15) is 21.3 Å². The summed E-state index contributed by atoms with van der Waals surface area (Å²) >= 11 is 5.84. The molecule has 0 bridgehead atoms. The number of benzene rings is 1. The molecule has 0 saturated heterocycles. The molecule has 3 rings (SSSR count). The molecule has 2 N–H and O–H groups in total. The van der Waals surface area contributed by atoms with E-state index >= 15 is 0 Å². The number of nitrogens with two attached hydrogens (primary N) is 1. The Morgan fingerprint density at radius 2 is 2.15 bits per heavy atom. The molecule has 27 heavy (non-hydrogen) atoms. The number of guanidine groups is 1. The van der Waals surface area contributed by atoms with E-state index in [1.807, 2.05) is 0 Å². The zero-order valence-corrected chi connectivity index (χ0v) is 16.4. The second kappa shape index (κ2) is 6.42. The molecule has 1 spiro atoms. The van der Waals surface area contributed by atoms with Gasteiger partial charge >= 0.3 is 0 Å². The minimum Gasteiger partial charge on any atom is -0.369 e. The van der Waals surface area contributed by atoms with E-state index in [1.54, 1.807) is 6.92 Å². The fourth-order valence-corrected chi connectivity index (χ4v) is 5.65. The van der Waals surface area contributed by atoms with E-state index in [4.69, 9.17) is 17.3 Å². The Hall–Kier alpha value is -2.26. The highest BCUT2D eigenvalue weighted by Gasteiger charge is 2.70. The molecule has 10 heteroatoms. The van der Waals surface area contributed by atoms with Crippen molar-refractivity contribution in [2.75, 3.05) is 7.05 Å². The fraction of sp³-hybridized carbons (Fsp3) is 0.353. The number of hydrogen-bond acceptors (Lipinski definition) is 6. The summed E-state index contributed by atoms with van der Waals surface area (Å²) in [5.74, 6) is -0.733. The molecule has 1 saturated carbocycles. The number of halogens is 2. The van der Waals surface area contributed by atoms with Crippen LogP contribution in [0, 0.1) is 5.82 Å². The van der Waals surface area contributed by atoms with Gasteiger partial charge in [0.2, 0.25) is 16.0 Å². The summed E-state index contributed by atoms with van der Waals surface area (Å²) in [6.45, 7) is 4.88. The van der Waals surface area contributed by atoms with Crippen molar-refractivity contribution in [3.63, 3.8) is 0 Å². The van der Waals surface area contributed by atoms with Crippen LogP contribution in [0.1, 0.15) is 30.9 Å². The van der Waals surface area contributed by atoms with Crippen molar-refractivity contribution >= 4 is 40.5 Å². The second-order valence-corrected chi connectivity index (χ2v) is 9.31. The predicted octanol–water partition coefficient (Wildman–Crippen LogP) is 2.32. The van der Waals surface area contributed by atoms with Crippen molar-refractivity contribution in [1.29, 1.82) is 0 Å². The molecule has 7 nitrogen and oxygen atoms in total. The fourth-order valence-electron chi connectivity index (χ4n) is 3.44. The lowest BCUT2D eigenvalue weighted by molar-refractivity contribution is 0.381. The van der Waals surface area contributed by atoms with Crippen LogP contribution >= 0.6 is 11.6 Å². The molecule has 144 valence electrons. The predicted molar refractivity (Wildman–Crippen MR) is 105 cm³/mol.